The molecule has 0 aliphatic heterocycles. The molecule has 0 aliphatic carbocycles. The van der Waals surface area contributed by atoms with Gasteiger partial charge in [0.1, 0.15) is 16.0 Å². The van der Waals surface area contributed by atoms with Gasteiger partial charge in [-0.2, -0.15) is 5.10 Å². The van der Waals surface area contributed by atoms with Crippen LogP contribution >= 0.6 is 27.5 Å². The zero-order chi connectivity index (χ0) is 21.4. The summed E-state index contributed by atoms with van der Waals surface area (Å²) in [5.74, 6) is 0.590. The molecule has 6 nitrogen and oxygen atoms in total. The van der Waals surface area contributed by atoms with Crippen LogP contribution in [-0.2, 0) is 0 Å². The van der Waals surface area contributed by atoms with Crippen LogP contribution in [0, 0.1) is 0 Å². The fraction of sp³-hybridized carbons (Fsp3) is 0.0435. The number of hydrogen-bond acceptors (Lipinski definition) is 5. The summed E-state index contributed by atoms with van der Waals surface area (Å²) in [6, 6.07) is 15.3. The molecule has 0 fully saturated rings. The van der Waals surface area contributed by atoms with Crippen molar-refractivity contribution < 1.29 is 4.74 Å². The lowest BCUT2D eigenvalue weighted by Crippen LogP contribution is -1.96. The first-order valence-corrected chi connectivity index (χ1v) is 10.6. The summed E-state index contributed by atoms with van der Waals surface area (Å²) >= 11 is 9.66. The minimum atomic E-state index is 0.544. The minimum absolute atomic E-state index is 0.544. The normalized spacial score (nSPS) is 11.1. The highest BCUT2D eigenvalue weighted by Gasteiger charge is 2.20. The molecule has 31 heavy (non-hydrogen) atoms. The van der Waals surface area contributed by atoms with Crippen LogP contribution in [0.2, 0.25) is 5.02 Å². The number of ether oxygens (including phenoxy) is 1. The summed E-state index contributed by atoms with van der Waals surface area (Å²) in [6.45, 7) is 0. The van der Waals surface area contributed by atoms with Gasteiger partial charge in [0.15, 0.2) is 5.65 Å². The molecule has 8 heteroatoms. The predicted molar refractivity (Wildman–Crippen MR) is 124 cm³/mol. The van der Waals surface area contributed by atoms with Gasteiger partial charge >= 0.3 is 0 Å². The molecule has 5 aromatic rings. The van der Waals surface area contributed by atoms with E-state index in [0.717, 1.165) is 43.9 Å². The number of pyridine rings is 2. The molecule has 0 aliphatic rings. The Morgan fingerprint density at radius 1 is 0.903 bits per heavy atom. The van der Waals surface area contributed by atoms with E-state index in [1.165, 1.54) is 0 Å². The van der Waals surface area contributed by atoms with Gasteiger partial charge in [-0.25, -0.2) is 14.5 Å². The van der Waals surface area contributed by atoms with Crippen molar-refractivity contribution in [1.82, 2.24) is 24.6 Å². The van der Waals surface area contributed by atoms with Crippen LogP contribution in [-0.4, -0.2) is 31.7 Å². The number of aromatic nitrogens is 5. The summed E-state index contributed by atoms with van der Waals surface area (Å²) in [5.41, 5.74) is 6.04. The van der Waals surface area contributed by atoms with E-state index in [2.05, 4.69) is 30.9 Å². The quantitative estimate of drug-likeness (QED) is 0.290. The molecule has 0 unspecified atom stereocenters. The lowest BCUT2D eigenvalue weighted by Gasteiger charge is -2.08. The second-order valence-electron chi connectivity index (χ2n) is 6.74. The Kier molecular flexibility index (Phi) is 5.13. The second-order valence-corrected chi connectivity index (χ2v) is 7.96. The molecule has 0 atom stereocenters. The van der Waals surface area contributed by atoms with Crippen LogP contribution in [0.15, 0.2) is 77.9 Å². The van der Waals surface area contributed by atoms with Crippen molar-refractivity contribution in [2.24, 2.45) is 0 Å². The molecule has 0 saturated carbocycles. The number of nitrogens with zero attached hydrogens (tertiary/aromatic N) is 5. The second kappa shape index (κ2) is 8.09. The molecule has 4 aromatic heterocycles. The fourth-order valence-corrected chi connectivity index (χ4v) is 3.91. The largest absolute Gasteiger partial charge is 0.495 e. The minimum Gasteiger partial charge on any atom is -0.495 e. The standard InChI is InChI=1S/C23H15BrClN5O/c1-31-19-12-15(2-4-17(19)25)21-22(14-6-9-26-10-7-14)29-30-18(8-11-27-23(21)30)16-3-5-20(24)28-13-16/h2-13H,1H3. The maximum Gasteiger partial charge on any atom is 0.164 e. The third-order valence-corrected chi connectivity index (χ3v) is 5.72. The van der Waals surface area contributed by atoms with Gasteiger partial charge in [-0.1, -0.05) is 17.7 Å². The van der Waals surface area contributed by atoms with Crippen LogP contribution in [0.1, 0.15) is 0 Å². The number of methoxy groups -OCH3 is 1. The van der Waals surface area contributed by atoms with Gasteiger partial charge in [0.05, 0.1) is 23.4 Å². The van der Waals surface area contributed by atoms with E-state index in [9.17, 15) is 0 Å². The molecule has 5 rings (SSSR count). The fourth-order valence-electron chi connectivity index (χ4n) is 3.48. The van der Waals surface area contributed by atoms with Gasteiger partial charge in [-0.3, -0.25) is 4.98 Å². The van der Waals surface area contributed by atoms with Crippen molar-refractivity contribution >= 4 is 33.2 Å². The average Bonchev–Trinajstić information content (AvgIpc) is 3.20. The van der Waals surface area contributed by atoms with E-state index in [0.29, 0.717) is 10.8 Å². The third kappa shape index (κ3) is 3.56. The number of halogens is 2. The number of benzene rings is 1. The van der Waals surface area contributed by atoms with Crippen molar-refractivity contribution in [2.75, 3.05) is 7.11 Å². The van der Waals surface area contributed by atoms with Crippen LogP contribution in [0.5, 0.6) is 5.75 Å². The summed E-state index contributed by atoms with van der Waals surface area (Å²) in [6.07, 6.45) is 7.08. The van der Waals surface area contributed by atoms with E-state index in [1.807, 2.05) is 53.0 Å². The van der Waals surface area contributed by atoms with Crippen LogP contribution in [0.3, 0.4) is 0 Å². The van der Waals surface area contributed by atoms with E-state index in [1.54, 1.807) is 31.9 Å². The van der Waals surface area contributed by atoms with Crippen molar-refractivity contribution in [2.45, 2.75) is 0 Å². The van der Waals surface area contributed by atoms with Crippen molar-refractivity contribution in [3.05, 3.63) is 82.9 Å². The van der Waals surface area contributed by atoms with Gasteiger partial charge in [0.25, 0.3) is 0 Å². The van der Waals surface area contributed by atoms with E-state index in [4.69, 9.17) is 21.4 Å². The molecule has 1 aromatic carbocycles. The summed E-state index contributed by atoms with van der Waals surface area (Å²) in [5, 5.41) is 5.49. The smallest absolute Gasteiger partial charge is 0.164 e. The number of fused-ring (bicyclic) bond motifs is 1. The summed E-state index contributed by atoms with van der Waals surface area (Å²) < 4.78 is 8.06. The molecule has 4 heterocycles. The highest BCUT2D eigenvalue weighted by molar-refractivity contribution is 9.10. The first kappa shape index (κ1) is 19.7. The third-order valence-electron chi connectivity index (χ3n) is 4.94. The molecular formula is C23H15BrClN5O. The number of rotatable bonds is 4. The first-order chi connectivity index (χ1) is 15.2. The zero-order valence-corrected chi connectivity index (χ0v) is 18.7. The molecule has 0 bridgehead atoms. The molecule has 152 valence electrons. The molecule has 0 amide bonds. The highest BCUT2D eigenvalue weighted by Crippen LogP contribution is 2.38. The Morgan fingerprint density at radius 2 is 1.71 bits per heavy atom. The molecule has 0 saturated heterocycles. The van der Waals surface area contributed by atoms with E-state index in [-0.39, 0.29) is 0 Å². The lowest BCUT2D eigenvalue weighted by molar-refractivity contribution is 0.415. The Bertz CT molecular complexity index is 1390. The van der Waals surface area contributed by atoms with Gasteiger partial charge < -0.3 is 4.74 Å². The van der Waals surface area contributed by atoms with Gasteiger partial charge in [0, 0.05) is 35.9 Å². The Hall–Kier alpha value is -3.29. The number of hydrogen-bond donors (Lipinski definition) is 0. The Balaban J connectivity index is 1.83. The molecule has 0 spiro atoms. The summed E-state index contributed by atoms with van der Waals surface area (Å²) in [4.78, 5) is 13.2. The Morgan fingerprint density at radius 3 is 2.45 bits per heavy atom. The van der Waals surface area contributed by atoms with E-state index < -0.39 is 0 Å². The maximum absolute atomic E-state index is 6.27. The monoisotopic (exact) mass is 491 g/mol. The van der Waals surface area contributed by atoms with Crippen LogP contribution < -0.4 is 4.74 Å². The zero-order valence-electron chi connectivity index (χ0n) is 16.3. The van der Waals surface area contributed by atoms with Crippen molar-refractivity contribution in [3.8, 4) is 39.4 Å². The SMILES string of the molecule is COc1cc(-c2c(-c3ccncc3)nn3c(-c4ccc(Br)nc4)ccnc23)ccc1Cl. The van der Waals surface area contributed by atoms with E-state index >= 15 is 0 Å². The highest BCUT2D eigenvalue weighted by atomic mass is 79.9. The summed E-state index contributed by atoms with van der Waals surface area (Å²) in [7, 11) is 1.60. The van der Waals surface area contributed by atoms with Crippen molar-refractivity contribution in [1.29, 1.82) is 0 Å². The molecule has 0 radical (unpaired) electrons. The van der Waals surface area contributed by atoms with Crippen molar-refractivity contribution in [3.63, 3.8) is 0 Å². The lowest BCUT2D eigenvalue weighted by atomic mass is 10.0. The topological polar surface area (TPSA) is 65.2 Å². The van der Waals surface area contributed by atoms with Gasteiger partial charge in [-0.15, -0.1) is 0 Å². The first-order valence-electron chi connectivity index (χ1n) is 9.39. The molecular weight excluding hydrogens is 478 g/mol. The predicted octanol–water partition coefficient (Wildman–Crippen LogP) is 5.94. The molecule has 0 N–H and O–H groups in total. The van der Waals surface area contributed by atoms with Crippen LogP contribution in [0.4, 0.5) is 0 Å². The van der Waals surface area contributed by atoms with Crippen LogP contribution in [0.25, 0.3) is 39.3 Å². The maximum atomic E-state index is 6.27. The van der Waals surface area contributed by atoms with Gasteiger partial charge in [-0.05, 0) is 64.0 Å². The average molecular weight is 493 g/mol. The Labute approximate surface area is 191 Å². The van der Waals surface area contributed by atoms with Gasteiger partial charge in [0.2, 0.25) is 0 Å².